The number of nitrogens with one attached hydrogen (secondary N) is 1. The van der Waals surface area contributed by atoms with Crippen molar-refractivity contribution in [1.29, 1.82) is 0 Å². The molecule has 0 aliphatic heterocycles. The van der Waals surface area contributed by atoms with Gasteiger partial charge in [0.05, 0.1) is 28.6 Å². The van der Waals surface area contributed by atoms with Crippen LogP contribution in [0.4, 0.5) is 0 Å². The number of carbonyl (C=O) groups excluding carboxylic acids is 1. The number of aromatic nitrogens is 2. The first kappa shape index (κ1) is 24.6. The van der Waals surface area contributed by atoms with Gasteiger partial charge in [0.2, 0.25) is 0 Å². The van der Waals surface area contributed by atoms with Gasteiger partial charge >= 0.3 is 0 Å². The zero-order valence-electron chi connectivity index (χ0n) is 21.2. The summed E-state index contributed by atoms with van der Waals surface area (Å²) in [4.78, 5) is 31.0. The molecular weight excluding hydrogens is 504 g/mol. The van der Waals surface area contributed by atoms with Crippen LogP contribution in [-0.4, -0.2) is 27.4 Å². The average molecular weight is 529 g/mol. The largest absolute Gasteiger partial charge is 0.272 e. The topological polar surface area (TPSA) is 76.3 Å². The van der Waals surface area contributed by atoms with Gasteiger partial charge in [-0.1, -0.05) is 90.6 Å². The van der Waals surface area contributed by atoms with Crippen LogP contribution in [0.5, 0.6) is 0 Å². The second-order valence-corrected chi connectivity index (χ2v) is 10.1. The first-order valence-corrected chi connectivity index (χ1v) is 13.5. The maximum atomic E-state index is 13.5. The van der Waals surface area contributed by atoms with Crippen molar-refractivity contribution in [2.75, 3.05) is 5.75 Å². The van der Waals surface area contributed by atoms with E-state index in [1.165, 1.54) is 11.8 Å². The fraction of sp³-hybridized carbons (Fsp3) is 0.0625. The maximum Gasteiger partial charge on any atom is 0.266 e. The Kier molecular flexibility index (Phi) is 6.65. The van der Waals surface area contributed by atoms with Crippen LogP contribution >= 0.6 is 11.8 Å². The van der Waals surface area contributed by atoms with E-state index < -0.39 is 0 Å². The summed E-state index contributed by atoms with van der Waals surface area (Å²) in [5.41, 5.74) is 5.70. The normalized spacial score (nSPS) is 11.5. The smallest absolute Gasteiger partial charge is 0.266 e. The Hall–Kier alpha value is -4.75. The average Bonchev–Trinajstić information content (AvgIpc) is 2.96. The molecule has 6 aromatic rings. The molecule has 0 aliphatic rings. The molecule has 1 amide bonds. The van der Waals surface area contributed by atoms with Gasteiger partial charge < -0.3 is 0 Å². The summed E-state index contributed by atoms with van der Waals surface area (Å²) in [6.45, 7) is 1.95. The van der Waals surface area contributed by atoms with Gasteiger partial charge in [0.1, 0.15) is 0 Å². The zero-order valence-corrected chi connectivity index (χ0v) is 22.0. The van der Waals surface area contributed by atoms with Gasteiger partial charge in [0.15, 0.2) is 5.16 Å². The van der Waals surface area contributed by atoms with E-state index in [0.29, 0.717) is 16.1 Å². The predicted molar refractivity (Wildman–Crippen MR) is 160 cm³/mol. The minimum atomic E-state index is -0.292. The Morgan fingerprint density at radius 3 is 2.21 bits per heavy atom. The quantitative estimate of drug-likeness (QED) is 0.0913. The zero-order chi connectivity index (χ0) is 26.8. The van der Waals surface area contributed by atoms with Crippen molar-refractivity contribution in [1.82, 2.24) is 15.0 Å². The second kappa shape index (κ2) is 10.6. The van der Waals surface area contributed by atoms with Crippen LogP contribution in [-0.2, 0) is 4.79 Å². The van der Waals surface area contributed by atoms with Gasteiger partial charge in [-0.2, -0.15) is 5.10 Å². The predicted octanol–water partition coefficient (Wildman–Crippen LogP) is 6.24. The number of hydrogen-bond acceptors (Lipinski definition) is 5. The molecule has 0 spiro atoms. The molecule has 0 atom stereocenters. The van der Waals surface area contributed by atoms with Crippen molar-refractivity contribution in [3.05, 3.63) is 125 Å². The van der Waals surface area contributed by atoms with Gasteiger partial charge in [0.25, 0.3) is 11.5 Å². The summed E-state index contributed by atoms with van der Waals surface area (Å²) < 4.78 is 1.58. The summed E-state index contributed by atoms with van der Waals surface area (Å²) >= 11 is 1.20. The number of hydrazone groups is 1. The minimum absolute atomic E-state index is 0.0459. The summed E-state index contributed by atoms with van der Waals surface area (Å²) in [5, 5.41) is 9.61. The van der Waals surface area contributed by atoms with Crippen molar-refractivity contribution in [2.24, 2.45) is 5.10 Å². The molecule has 5 aromatic carbocycles. The molecule has 39 heavy (non-hydrogen) atoms. The Bertz CT molecular complexity index is 1910. The highest BCUT2D eigenvalue weighted by molar-refractivity contribution is 7.99. The highest BCUT2D eigenvalue weighted by Gasteiger charge is 2.16. The second-order valence-electron chi connectivity index (χ2n) is 9.15. The van der Waals surface area contributed by atoms with Crippen molar-refractivity contribution in [3.8, 4) is 5.69 Å². The van der Waals surface area contributed by atoms with Crippen molar-refractivity contribution >= 4 is 56.3 Å². The number of para-hydroxylation sites is 2. The van der Waals surface area contributed by atoms with Crippen molar-refractivity contribution in [3.63, 3.8) is 0 Å². The van der Waals surface area contributed by atoms with Gasteiger partial charge in [-0.05, 0) is 58.3 Å². The molecule has 1 aromatic heterocycles. The molecule has 0 bridgehead atoms. The SMILES string of the molecule is Cc1ccccc1-n1c(SCC(=O)NN=Cc2c3ccccc3cc3ccccc23)nc2ccccc2c1=O. The molecule has 6 nitrogen and oxygen atoms in total. The third kappa shape index (κ3) is 4.80. The van der Waals surface area contributed by atoms with Crippen LogP contribution in [0, 0.1) is 6.92 Å². The molecule has 1 N–H and O–H groups in total. The number of rotatable bonds is 6. The molecule has 0 aliphatic carbocycles. The fourth-order valence-electron chi connectivity index (χ4n) is 4.76. The van der Waals surface area contributed by atoms with Crippen molar-refractivity contribution in [2.45, 2.75) is 12.1 Å². The van der Waals surface area contributed by atoms with E-state index in [9.17, 15) is 9.59 Å². The van der Waals surface area contributed by atoms with E-state index in [2.05, 4.69) is 40.9 Å². The summed E-state index contributed by atoms with van der Waals surface area (Å²) in [7, 11) is 0. The molecule has 0 radical (unpaired) electrons. The van der Waals surface area contributed by atoms with E-state index in [1.54, 1.807) is 16.8 Å². The number of benzene rings is 5. The van der Waals surface area contributed by atoms with E-state index in [0.717, 1.165) is 38.4 Å². The molecule has 0 saturated heterocycles. The standard InChI is InChI=1S/C32H24N4O2S/c1-21-10-2-9-17-29(21)36-31(38)26-15-7-8-16-28(26)34-32(36)39-20-30(37)35-33-19-27-24-13-5-3-11-22(24)18-23-12-4-6-14-25(23)27/h2-19H,20H2,1H3,(H,35,37). The molecule has 0 unspecified atom stereocenters. The lowest BCUT2D eigenvalue weighted by Crippen LogP contribution is -2.24. The first-order chi connectivity index (χ1) is 19.1. The molecule has 1 heterocycles. The van der Waals surface area contributed by atoms with Crippen molar-refractivity contribution < 1.29 is 4.79 Å². The number of amides is 1. The van der Waals surface area contributed by atoms with Gasteiger partial charge in [-0.15, -0.1) is 0 Å². The highest BCUT2D eigenvalue weighted by atomic mass is 32.2. The third-order valence-electron chi connectivity index (χ3n) is 6.63. The van der Waals surface area contributed by atoms with Crippen LogP contribution in [0.1, 0.15) is 11.1 Å². The monoisotopic (exact) mass is 528 g/mol. The summed E-state index contributed by atoms with van der Waals surface area (Å²) in [6.07, 6.45) is 1.70. The van der Waals surface area contributed by atoms with Crippen LogP contribution < -0.4 is 11.0 Å². The minimum Gasteiger partial charge on any atom is -0.272 e. The van der Waals surface area contributed by atoms with Gasteiger partial charge in [-0.25, -0.2) is 10.4 Å². The molecule has 6 rings (SSSR count). The summed E-state index contributed by atoms with van der Waals surface area (Å²) in [6, 6.07) is 33.3. The Morgan fingerprint density at radius 2 is 1.49 bits per heavy atom. The van der Waals surface area contributed by atoms with Crippen LogP contribution in [0.3, 0.4) is 0 Å². The number of aryl methyl sites for hydroxylation is 1. The number of nitrogens with zero attached hydrogens (tertiary/aromatic N) is 3. The fourth-order valence-corrected chi connectivity index (χ4v) is 5.55. The van der Waals surface area contributed by atoms with Gasteiger partial charge in [0, 0.05) is 5.56 Å². The lowest BCUT2D eigenvalue weighted by molar-refractivity contribution is -0.118. The van der Waals surface area contributed by atoms with E-state index in [4.69, 9.17) is 4.98 Å². The van der Waals surface area contributed by atoms with Crippen LogP contribution in [0.15, 0.2) is 118 Å². The number of hydrogen-bond donors (Lipinski definition) is 1. The number of thioether (sulfide) groups is 1. The Morgan fingerprint density at radius 1 is 0.872 bits per heavy atom. The Labute approximate surface area is 229 Å². The number of fused-ring (bicyclic) bond motifs is 3. The van der Waals surface area contributed by atoms with E-state index >= 15 is 0 Å². The molecule has 0 saturated carbocycles. The lowest BCUT2D eigenvalue weighted by Gasteiger charge is -2.14. The lowest BCUT2D eigenvalue weighted by atomic mass is 9.97. The highest BCUT2D eigenvalue weighted by Crippen LogP contribution is 2.27. The number of carbonyl (C=O) groups is 1. The first-order valence-electron chi connectivity index (χ1n) is 12.5. The molecular formula is C32H24N4O2S. The third-order valence-corrected chi connectivity index (χ3v) is 7.57. The maximum absolute atomic E-state index is 13.5. The van der Waals surface area contributed by atoms with E-state index in [-0.39, 0.29) is 17.2 Å². The molecule has 7 heteroatoms. The van der Waals surface area contributed by atoms with Crippen LogP contribution in [0.25, 0.3) is 38.1 Å². The van der Waals surface area contributed by atoms with E-state index in [1.807, 2.05) is 73.7 Å². The summed E-state index contributed by atoms with van der Waals surface area (Å²) in [5.74, 6) is -0.246. The van der Waals surface area contributed by atoms with Gasteiger partial charge in [-0.3, -0.25) is 14.2 Å². The van der Waals surface area contributed by atoms with Crippen LogP contribution in [0.2, 0.25) is 0 Å². The Balaban J connectivity index is 1.27. The molecule has 190 valence electrons. The molecule has 0 fully saturated rings.